The van der Waals surface area contributed by atoms with E-state index in [1.54, 1.807) is 0 Å². The number of aromatic nitrogens is 1. The minimum atomic E-state index is 0.627. The molecule has 8 bridgehead atoms. The van der Waals surface area contributed by atoms with Crippen LogP contribution in [0.4, 0.5) is 0 Å². The van der Waals surface area contributed by atoms with Crippen LogP contribution in [0.1, 0.15) is 53.9 Å². The Labute approximate surface area is 306 Å². The molecule has 8 rings (SSSR count). The normalized spacial score (nSPS) is 17.4. The fraction of sp³-hybridized carbons (Fsp3) is 0.400. The van der Waals surface area contributed by atoms with Gasteiger partial charge in [0.05, 0.1) is 31.1 Å². The van der Waals surface area contributed by atoms with Crippen molar-refractivity contribution in [1.29, 1.82) is 0 Å². The number of benzene rings is 2. The summed E-state index contributed by atoms with van der Waals surface area (Å²) in [5.41, 5.74) is 6.59. The van der Waals surface area contributed by atoms with E-state index in [0.29, 0.717) is 56.2 Å². The predicted octanol–water partition coefficient (Wildman–Crippen LogP) is 4.60. The van der Waals surface area contributed by atoms with Crippen molar-refractivity contribution in [2.75, 3.05) is 32.8 Å². The maximum absolute atomic E-state index is 5.80. The molecule has 0 amide bonds. The monoisotopic (exact) mass is 719 g/mol. The summed E-state index contributed by atoms with van der Waals surface area (Å²) in [6.07, 6.45) is 0.990. The van der Waals surface area contributed by atoms with E-state index in [1.165, 1.54) is 11.1 Å². The Balaban J connectivity index is 1.30. The molecule has 3 aromatic rings. The zero-order valence-corrected chi connectivity index (χ0v) is 31.0. The molecule has 254 valence electrons. The SMILES string of the molecule is CCN1Cc2cccc(n2)CN(CC)C(=S)NCc2ccc(cc2)CNC(=S)N2CCCN(C2)C(=S)NCc2ccc(cc2)CNC1=S. The summed E-state index contributed by atoms with van der Waals surface area (Å²) in [4.78, 5) is 13.6. The Morgan fingerprint density at radius 2 is 0.896 bits per heavy atom. The Hall–Kier alpha value is -3.65. The van der Waals surface area contributed by atoms with E-state index >= 15 is 0 Å². The molecular formula is C35H45N9S4. The summed E-state index contributed by atoms with van der Waals surface area (Å²) in [6, 6.07) is 23.2. The van der Waals surface area contributed by atoms with E-state index in [4.69, 9.17) is 53.9 Å². The zero-order valence-electron chi connectivity index (χ0n) is 27.7. The minimum Gasteiger partial charge on any atom is -0.358 e. The summed E-state index contributed by atoms with van der Waals surface area (Å²) in [6.45, 7) is 12.1. The molecule has 6 heterocycles. The van der Waals surface area contributed by atoms with Crippen molar-refractivity contribution in [1.82, 2.24) is 45.9 Å². The second-order valence-electron chi connectivity index (χ2n) is 11.9. The standard InChI is InChI=1S/C35H45N9S4/c1-3-41-23-30-7-5-8-31(40-30)24-42(4-2)33(46)37-20-27-11-15-29(16-12-27)22-39-35(48)44-18-6-17-43(25-44)34(47)38-21-28-13-9-26(10-14-28)19-36-32(41)45/h5,7-16H,3-4,6,17-25H2,1-2H3,(H,36,45)(H,37,46)(H,38,47)(H,39,48). The molecular weight excluding hydrogens is 675 g/mol. The van der Waals surface area contributed by atoms with Gasteiger partial charge in [-0.1, -0.05) is 54.6 Å². The molecule has 0 aliphatic carbocycles. The van der Waals surface area contributed by atoms with Crippen LogP contribution in [-0.4, -0.2) is 77.9 Å². The molecule has 9 nitrogen and oxygen atoms in total. The van der Waals surface area contributed by atoms with Gasteiger partial charge in [-0.05, 0) is 104 Å². The van der Waals surface area contributed by atoms with Crippen LogP contribution in [-0.2, 0) is 39.3 Å². The van der Waals surface area contributed by atoms with Gasteiger partial charge >= 0.3 is 0 Å². The first-order chi connectivity index (χ1) is 23.3. The van der Waals surface area contributed by atoms with Crippen LogP contribution in [0.25, 0.3) is 0 Å². The van der Waals surface area contributed by atoms with Gasteiger partial charge in [-0.25, -0.2) is 0 Å². The number of rotatable bonds is 2. The zero-order chi connectivity index (χ0) is 33.9. The molecule has 0 saturated carbocycles. The van der Waals surface area contributed by atoms with Gasteiger partial charge in [-0.2, -0.15) is 0 Å². The molecule has 48 heavy (non-hydrogen) atoms. The number of pyridine rings is 1. The fourth-order valence-electron chi connectivity index (χ4n) is 5.59. The van der Waals surface area contributed by atoms with Gasteiger partial charge in [0.1, 0.15) is 0 Å². The van der Waals surface area contributed by atoms with Crippen LogP contribution in [0.15, 0.2) is 66.7 Å². The fourth-order valence-corrected chi connectivity index (χ4v) is 6.56. The smallest absolute Gasteiger partial charge is 0.170 e. The average Bonchev–Trinajstić information content (AvgIpc) is 3.12. The molecule has 0 radical (unpaired) electrons. The molecule has 4 N–H and O–H groups in total. The van der Waals surface area contributed by atoms with Crippen LogP contribution in [0.2, 0.25) is 0 Å². The molecule has 0 atom stereocenters. The lowest BCUT2D eigenvalue weighted by atomic mass is 10.1. The predicted molar refractivity (Wildman–Crippen MR) is 210 cm³/mol. The first kappa shape index (κ1) is 35.7. The van der Waals surface area contributed by atoms with Gasteiger partial charge in [-0.15, -0.1) is 0 Å². The molecule has 13 heteroatoms. The highest BCUT2D eigenvalue weighted by Crippen LogP contribution is 2.12. The Bertz CT molecular complexity index is 1450. The van der Waals surface area contributed by atoms with Crippen molar-refractivity contribution in [2.45, 2.75) is 59.5 Å². The molecule has 1 saturated heterocycles. The second kappa shape index (κ2) is 17.7. The second-order valence-corrected chi connectivity index (χ2v) is 13.5. The number of thiocarbonyl (C=S) groups is 4. The number of nitrogens with zero attached hydrogens (tertiary/aromatic N) is 5. The van der Waals surface area contributed by atoms with Crippen LogP contribution in [0, 0.1) is 0 Å². The highest BCUT2D eigenvalue weighted by Gasteiger charge is 2.21. The Morgan fingerprint density at radius 3 is 1.25 bits per heavy atom. The third-order valence-corrected chi connectivity index (χ3v) is 10.1. The van der Waals surface area contributed by atoms with Crippen LogP contribution in [0.5, 0.6) is 0 Å². The summed E-state index contributed by atoms with van der Waals surface area (Å²) < 4.78 is 0. The molecule has 5 aliphatic heterocycles. The Morgan fingerprint density at radius 1 is 0.542 bits per heavy atom. The van der Waals surface area contributed by atoms with Gasteiger partial charge in [0.25, 0.3) is 0 Å². The lowest BCUT2D eigenvalue weighted by Gasteiger charge is -2.38. The van der Waals surface area contributed by atoms with Crippen molar-refractivity contribution < 1.29 is 0 Å². The maximum Gasteiger partial charge on any atom is 0.170 e. The molecule has 1 aromatic heterocycles. The summed E-state index contributed by atoms with van der Waals surface area (Å²) >= 11 is 23.2. The van der Waals surface area contributed by atoms with Crippen LogP contribution in [0.3, 0.4) is 0 Å². The third-order valence-electron chi connectivity index (χ3n) is 8.50. The van der Waals surface area contributed by atoms with E-state index in [0.717, 1.165) is 65.3 Å². The van der Waals surface area contributed by atoms with Gasteiger partial charge in [0.2, 0.25) is 0 Å². The van der Waals surface area contributed by atoms with Crippen molar-refractivity contribution in [3.63, 3.8) is 0 Å². The largest absolute Gasteiger partial charge is 0.358 e. The van der Waals surface area contributed by atoms with E-state index < -0.39 is 0 Å². The lowest BCUT2D eigenvalue weighted by molar-refractivity contribution is 0.209. The summed E-state index contributed by atoms with van der Waals surface area (Å²) in [7, 11) is 0. The van der Waals surface area contributed by atoms with Gasteiger partial charge in [-0.3, -0.25) is 4.98 Å². The van der Waals surface area contributed by atoms with Crippen LogP contribution < -0.4 is 21.3 Å². The van der Waals surface area contributed by atoms with Gasteiger partial charge < -0.3 is 40.9 Å². The van der Waals surface area contributed by atoms with Crippen molar-refractivity contribution in [3.8, 4) is 0 Å². The molecule has 0 unspecified atom stereocenters. The first-order valence-electron chi connectivity index (χ1n) is 16.5. The quantitative estimate of drug-likeness (QED) is 0.279. The number of nitrogens with one attached hydrogen (secondary N) is 4. The topological polar surface area (TPSA) is 74.0 Å². The van der Waals surface area contributed by atoms with E-state index in [1.807, 2.05) is 0 Å². The minimum absolute atomic E-state index is 0.627. The van der Waals surface area contributed by atoms with Crippen molar-refractivity contribution in [2.24, 2.45) is 0 Å². The molecule has 5 aliphatic rings. The highest BCUT2D eigenvalue weighted by molar-refractivity contribution is 7.80. The van der Waals surface area contributed by atoms with Crippen molar-refractivity contribution >= 4 is 69.3 Å². The van der Waals surface area contributed by atoms with Crippen LogP contribution >= 0.6 is 48.9 Å². The number of hydrogen-bond donors (Lipinski definition) is 4. The highest BCUT2D eigenvalue weighted by atomic mass is 32.1. The summed E-state index contributed by atoms with van der Waals surface area (Å²) in [5, 5.41) is 16.6. The summed E-state index contributed by atoms with van der Waals surface area (Å²) in [5.74, 6) is 0. The van der Waals surface area contributed by atoms with E-state index in [9.17, 15) is 0 Å². The van der Waals surface area contributed by atoms with E-state index in [-0.39, 0.29) is 0 Å². The molecule has 2 aromatic carbocycles. The number of hydrogen-bond acceptors (Lipinski definition) is 5. The van der Waals surface area contributed by atoms with E-state index in [2.05, 4.69) is 121 Å². The lowest BCUT2D eigenvalue weighted by Crippen LogP contribution is -2.54. The first-order valence-corrected chi connectivity index (χ1v) is 18.2. The molecule has 0 spiro atoms. The Kier molecular flexibility index (Phi) is 13.1. The average molecular weight is 720 g/mol. The van der Waals surface area contributed by atoms with Gasteiger partial charge in [0.15, 0.2) is 20.4 Å². The third kappa shape index (κ3) is 10.2. The van der Waals surface area contributed by atoms with Gasteiger partial charge in [0, 0.05) is 52.4 Å². The van der Waals surface area contributed by atoms with Crippen molar-refractivity contribution in [3.05, 3.63) is 100 Å². The maximum atomic E-state index is 5.80. The molecule has 1 fully saturated rings.